The molecule has 1 aliphatic heterocycles. The smallest absolute Gasteiger partial charge is 0.224 e. The molecule has 5 heteroatoms. The van der Waals surface area contributed by atoms with E-state index in [1.165, 1.54) is 0 Å². The van der Waals surface area contributed by atoms with Crippen molar-refractivity contribution in [3.8, 4) is 0 Å². The van der Waals surface area contributed by atoms with Crippen LogP contribution in [-0.2, 0) is 4.79 Å². The minimum atomic E-state index is 0.0573. The van der Waals surface area contributed by atoms with Crippen LogP contribution in [0.2, 0.25) is 0 Å². The summed E-state index contributed by atoms with van der Waals surface area (Å²) in [5, 5.41) is 6.25. The van der Waals surface area contributed by atoms with Crippen LogP contribution in [0, 0.1) is 0 Å². The molecule has 0 spiro atoms. The number of rotatable bonds is 4. The van der Waals surface area contributed by atoms with Crippen molar-refractivity contribution in [3.05, 3.63) is 18.3 Å². The van der Waals surface area contributed by atoms with E-state index in [9.17, 15) is 4.79 Å². The Morgan fingerprint density at radius 2 is 2.28 bits per heavy atom. The summed E-state index contributed by atoms with van der Waals surface area (Å²) in [5.74, 6) is 0.935. The number of amides is 1. The van der Waals surface area contributed by atoms with Crippen LogP contribution in [0.1, 0.15) is 19.8 Å². The van der Waals surface area contributed by atoms with Crippen molar-refractivity contribution < 1.29 is 4.79 Å². The van der Waals surface area contributed by atoms with E-state index in [2.05, 4.69) is 20.5 Å². The van der Waals surface area contributed by atoms with Crippen molar-refractivity contribution in [2.24, 2.45) is 0 Å². The number of nitrogens with one attached hydrogen (secondary N) is 2. The standard InChI is InChI=1S/C13H20N4O/c1-2-4-12(18)16-11-5-3-6-15-13(11)17-9-7-14-8-10-17/h3,5-6,14H,2,4,7-10H2,1H3,(H,16,18). The molecule has 1 aromatic rings. The van der Waals surface area contributed by atoms with Crippen LogP contribution in [0.5, 0.6) is 0 Å². The first-order chi connectivity index (χ1) is 8.81. The van der Waals surface area contributed by atoms with Gasteiger partial charge in [0.2, 0.25) is 5.91 Å². The first kappa shape index (κ1) is 12.8. The highest BCUT2D eigenvalue weighted by molar-refractivity contribution is 5.93. The molecule has 0 bridgehead atoms. The lowest BCUT2D eigenvalue weighted by molar-refractivity contribution is -0.116. The van der Waals surface area contributed by atoms with Crippen molar-refractivity contribution in [2.45, 2.75) is 19.8 Å². The summed E-state index contributed by atoms with van der Waals surface area (Å²) in [4.78, 5) is 18.3. The molecule has 2 rings (SSSR count). The van der Waals surface area contributed by atoms with E-state index in [1.807, 2.05) is 19.1 Å². The van der Waals surface area contributed by atoms with E-state index >= 15 is 0 Å². The minimum absolute atomic E-state index is 0.0573. The number of aromatic nitrogens is 1. The quantitative estimate of drug-likeness (QED) is 0.841. The molecular weight excluding hydrogens is 228 g/mol. The third kappa shape index (κ3) is 3.20. The van der Waals surface area contributed by atoms with E-state index in [-0.39, 0.29) is 5.91 Å². The van der Waals surface area contributed by atoms with Crippen molar-refractivity contribution in [1.29, 1.82) is 0 Å². The number of nitrogens with zero attached hydrogens (tertiary/aromatic N) is 2. The summed E-state index contributed by atoms with van der Waals surface area (Å²) in [6, 6.07) is 3.77. The Morgan fingerprint density at radius 1 is 1.50 bits per heavy atom. The molecule has 1 saturated heterocycles. The largest absolute Gasteiger partial charge is 0.352 e. The summed E-state index contributed by atoms with van der Waals surface area (Å²) >= 11 is 0. The van der Waals surface area contributed by atoms with Gasteiger partial charge in [-0.05, 0) is 18.6 Å². The van der Waals surface area contributed by atoms with Crippen LogP contribution < -0.4 is 15.5 Å². The Kier molecular flexibility index (Phi) is 4.52. The molecule has 1 amide bonds. The second-order valence-electron chi connectivity index (χ2n) is 4.41. The van der Waals surface area contributed by atoms with Gasteiger partial charge >= 0.3 is 0 Å². The predicted molar refractivity (Wildman–Crippen MR) is 72.9 cm³/mol. The normalized spacial score (nSPS) is 15.5. The number of hydrogen-bond acceptors (Lipinski definition) is 4. The Labute approximate surface area is 108 Å². The topological polar surface area (TPSA) is 57.3 Å². The third-order valence-electron chi connectivity index (χ3n) is 2.95. The molecule has 1 aromatic heterocycles. The van der Waals surface area contributed by atoms with Gasteiger partial charge in [-0.25, -0.2) is 4.98 Å². The van der Waals surface area contributed by atoms with Crippen molar-refractivity contribution in [3.63, 3.8) is 0 Å². The average Bonchev–Trinajstić information content (AvgIpc) is 2.40. The maximum atomic E-state index is 11.7. The Bertz CT molecular complexity index is 402. The number of anilines is 2. The molecule has 1 fully saturated rings. The lowest BCUT2D eigenvalue weighted by Crippen LogP contribution is -2.44. The van der Waals surface area contributed by atoms with Gasteiger partial charge in [-0.15, -0.1) is 0 Å². The summed E-state index contributed by atoms with van der Waals surface area (Å²) in [5.41, 5.74) is 0.817. The SMILES string of the molecule is CCCC(=O)Nc1cccnc1N1CCNCC1. The van der Waals surface area contributed by atoms with Gasteiger partial charge in [0.1, 0.15) is 0 Å². The maximum Gasteiger partial charge on any atom is 0.224 e. The van der Waals surface area contributed by atoms with E-state index in [4.69, 9.17) is 0 Å². The fraction of sp³-hybridized carbons (Fsp3) is 0.538. The van der Waals surface area contributed by atoms with Gasteiger partial charge in [-0.2, -0.15) is 0 Å². The lowest BCUT2D eigenvalue weighted by Gasteiger charge is -2.29. The molecule has 2 N–H and O–H groups in total. The van der Waals surface area contributed by atoms with Gasteiger partial charge in [-0.1, -0.05) is 6.92 Å². The molecule has 0 aromatic carbocycles. The molecule has 18 heavy (non-hydrogen) atoms. The molecule has 0 saturated carbocycles. The Morgan fingerprint density at radius 3 is 3.00 bits per heavy atom. The van der Waals surface area contributed by atoms with E-state index in [0.717, 1.165) is 44.1 Å². The monoisotopic (exact) mass is 248 g/mol. The van der Waals surface area contributed by atoms with Crippen LogP contribution in [0.3, 0.4) is 0 Å². The van der Waals surface area contributed by atoms with Crippen molar-refractivity contribution in [2.75, 3.05) is 36.4 Å². The molecule has 0 unspecified atom stereocenters. The Balaban J connectivity index is 2.11. The molecule has 98 valence electrons. The second-order valence-corrected chi connectivity index (χ2v) is 4.41. The van der Waals surface area contributed by atoms with Crippen LogP contribution in [0.4, 0.5) is 11.5 Å². The second kappa shape index (κ2) is 6.35. The van der Waals surface area contributed by atoms with Crippen LogP contribution in [0.25, 0.3) is 0 Å². The number of carbonyl (C=O) groups excluding carboxylic acids is 1. The van der Waals surface area contributed by atoms with E-state index in [1.54, 1.807) is 6.20 Å². The minimum Gasteiger partial charge on any atom is -0.352 e. The van der Waals surface area contributed by atoms with Gasteiger partial charge < -0.3 is 15.5 Å². The third-order valence-corrected chi connectivity index (χ3v) is 2.95. The van der Waals surface area contributed by atoms with Crippen LogP contribution in [0.15, 0.2) is 18.3 Å². The molecular formula is C13H20N4O. The fourth-order valence-electron chi connectivity index (χ4n) is 2.06. The summed E-state index contributed by atoms with van der Waals surface area (Å²) in [7, 11) is 0. The molecule has 2 heterocycles. The number of pyridine rings is 1. The Hall–Kier alpha value is -1.62. The lowest BCUT2D eigenvalue weighted by atomic mass is 10.2. The summed E-state index contributed by atoms with van der Waals surface area (Å²) in [6.45, 7) is 5.76. The van der Waals surface area contributed by atoms with Gasteiger partial charge in [0.25, 0.3) is 0 Å². The summed E-state index contributed by atoms with van der Waals surface area (Å²) in [6.07, 6.45) is 3.18. The highest BCUT2D eigenvalue weighted by Crippen LogP contribution is 2.23. The van der Waals surface area contributed by atoms with E-state index < -0.39 is 0 Å². The first-order valence-electron chi connectivity index (χ1n) is 6.52. The van der Waals surface area contributed by atoms with Crippen molar-refractivity contribution in [1.82, 2.24) is 10.3 Å². The zero-order chi connectivity index (χ0) is 12.8. The van der Waals surface area contributed by atoms with Gasteiger partial charge in [0.15, 0.2) is 5.82 Å². The highest BCUT2D eigenvalue weighted by Gasteiger charge is 2.16. The fourth-order valence-corrected chi connectivity index (χ4v) is 2.06. The molecule has 1 aliphatic rings. The number of carbonyl (C=O) groups is 1. The molecule has 0 radical (unpaired) electrons. The average molecular weight is 248 g/mol. The van der Waals surface area contributed by atoms with Gasteiger partial charge in [0.05, 0.1) is 5.69 Å². The molecule has 5 nitrogen and oxygen atoms in total. The van der Waals surface area contributed by atoms with Crippen LogP contribution >= 0.6 is 0 Å². The maximum absolute atomic E-state index is 11.7. The van der Waals surface area contributed by atoms with Gasteiger partial charge in [0, 0.05) is 38.8 Å². The van der Waals surface area contributed by atoms with Crippen LogP contribution in [-0.4, -0.2) is 37.1 Å². The molecule has 0 atom stereocenters. The zero-order valence-electron chi connectivity index (χ0n) is 10.8. The number of hydrogen-bond donors (Lipinski definition) is 2. The first-order valence-corrected chi connectivity index (χ1v) is 6.52. The van der Waals surface area contributed by atoms with Crippen molar-refractivity contribution >= 4 is 17.4 Å². The molecule has 0 aliphatic carbocycles. The number of piperazine rings is 1. The predicted octanol–water partition coefficient (Wildman–Crippen LogP) is 1.23. The highest BCUT2D eigenvalue weighted by atomic mass is 16.1. The van der Waals surface area contributed by atoms with E-state index in [0.29, 0.717) is 6.42 Å². The summed E-state index contributed by atoms with van der Waals surface area (Å²) < 4.78 is 0. The van der Waals surface area contributed by atoms with Gasteiger partial charge in [-0.3, -0.25) is 4.79 Å². The zero-order valence-corrected chi connectivity index (χ0v) is 10.8.